The lowest BCUT2D eigenvalue weighted by atomic mass is 10.0. The number of β-lactam (4-membered cyclic amide) rings is 1. The summed E-state index contributed by atoms with van der Waals surface area (Å²) in [6, 6.07) is 2.26. The summed E-state index contributed by atoms with van der Waals surface area (Å²) in [5.74, 6) is -3.76. The van der Waals surface area contributed by atoms with Crippen molar-refractivity contribution in [2.24, 2.45) is 5.16 Å². The Morgan fingerprint density at radius 1 is 1.28 bits per heavy atom. The number of aromatic nitrogens is 2. The first kappa shape index (κ1) is 26.7. The molecule has 7 N–H and O–H groups in total. The summed E-state index contributed by atoms with van der Waals surface area (Å²) in [5, 5.41) is 24.9. The first-order valence-corrected chi connectivity index (χ1v) is 13.6. The summed E-state index contributed by atoms with van der Waals surface area (Å²) < 4.78 is 1.76. The molecular formula is C22H21ClN7O7S2+. The molecule has 2 aromatic rings. The number of amides is 2. The normalized spacial score (nSPS) is 21.6. The summed E-state index contributed by atoms with van der Waals surface area (Å²) in [6.45, 7) is 0.228. The summed E-state index contributed by atoms with van der Waals surface area (Å²) in [7, 11) is 0. The highest BCUT2D eigenvalue weighted by atomic mass is 35.5. The Kier molecular flexibility index (Phi) is 6.86. The van der Waals surface area contributed by atoms with Crippen molar-refractivity contribution >= 4 is 75.0 Å². The van der Waals surface area contributed by atoms with Crippen molar-refractivity contribution in [2.75, 3.05) is 17.2 Å². The number of thiazole rings is 1. The van der Waals surface area contributed by atoms with Crippen LogP contribution in [0, 0.1) is 0 Å². The molecule has 14 nitrogen and oxygen atoms in total. The molecule has 1 saturated carbocycles. The molecule has 204 valence electrons. The van der Waals surface area contributed by atoms with Crippen molar-refractivity contribution in [2.45, 2.75) is 36.4 Å². The van der Waals surface area contributed by atoms with Gasteiger partial charge in [-0.15, -0.1) is 11.8 Å². The van der Waals surface area contributed by atoms with Gasteiger partial charge in [0.05, 0.1) is 0 Å². The number of nitrogens with zero attached hydrogens (tertiary/aromatic N) is 4. The lowest BCUT2D eigenvalue weighted by molar-refractivity contribution is -0.688. The van der Waals surface area contributed by atoms with Gasteiger partial charge in [-0.1, -0.05) is 28.1 Å². The molecule has 39 heavy (non-hydrogen) atoms. The molecule has 3 aliphatic rings. The Labute approximate surface area is 233 Å². The maximum atomic E-state index is 13.3. The van der Waals surface area contributed by atoms with Crippen LogP contribution in [0.4, 0.5) is 10.8 Å². The molecule has 2 unspecified atom stereocenters. The number of halogens is 1. The standard InChI is InChI=1S/C22H20ClN7O7S2/c23-15-11(27-21(25)39-15)12(28-37-22(3-4-22)20(35)36)16(31)26-13-17(32)30-14(19(33)34)9(8-38-18(13)30)7-29-5-1-10(24)2-6-29/h1-2,5-6,13,18,24H,3-4,7-8H2,(H5,25,26,27,31,33,34,35,36)/p+1. The van der Waals surface area contributed by atoms with Gasteiger partial charge < -0.3 is 31.8 Å². The van der Waals surface area contributed by atoms with Gasteiger partial charge in [0.15, 0.2) is 29.8 Å². The third kappa shape index (κ3) is 4.97. The van der Waals surface area contributed by atoms with Crippen molar-refractivity contribution in [3.8, 4) is 0 Å². The van der Waals surface area contributed by atoms with Crippen LogP contribution in [0.25, 0.3) is 0 Å². The molecule has 2 aliphatic heterocycles. The van der Waals surface area contributed by atoms with Crippen LogP contribution in [0.2, 0.25) is 4.34 Å². The zero-order valence-corrected chi connectivity index (χ0v) is 22.3. The van der Waals surface area contributed by atoms with Crippen LogP contribution in [-0.4, -0.2) is 72.3 Å². The van der Waals surface area contributed by atoms with E-state index in [2.05, 4.69) is 15.5 Å². The topological polar surface area (TPSA) is 214 Å². The molecule has 2 aromatic heterocycles. The average molecular weight is 595 g/mol. The zero-order chi connectivity index (χ0) is 28.1. The second kappa shape index (κ2) is 10.0. The van der Waals surface area contributed by atoms with Crippen molar-refractivity contribution in [3.05, 3.63) is 45.8 Å². The number of hydrogen-bond acceptors (Lipinski definition) is 11. The highest BCUT2D eigenvalue weighted by Gasteiger charge is 2.56. The summed E-state index contributed by atoms with van der Waals surface area (Å²) >= 11 is 8.32. The fourth-order valence-electron chi connectivity index (χ4n) is 4.06. The molecule has 1 aliphatic carbocycles. The Morgan fingerprint density at radius 3 is 2.54 bits per heavy atom. The van der Waals surface area contributed by atoms with Crippen molar-refractivity contribution in [1.82, 2.24) is 15.2 Å². The van der Waals surface area contributed by atoms with Crippen LogP contribution in [0.5, 0.6) is 0 Å². The molecule has 17 heteroatoms. The predicted molar refractivity (Wildman–Crippen MR) is 139 cm³/mol. The van der Waals surface area contributed by atoms with E-state index in [9.17, 15) is 29.4 Å². The molecule has 0 radical (unpaired) electrons. The second-order valence-electron chi connectivity index (χ2n) is 8.93. The van der Waals surface area contributed by atoms with E-state index in [1.54, 1.807) is 29.1 Å². The number of carbonyl (C=O) groups excluding carboxylic acids is 2. The number of anilines is 2. The lowest BCUT2D eigenvalue weighted by Gasteiger charge is -2.49. The van der Waals surface area contributed by atoms with Gasteiger partial charge >= 0.3 is 11.9 Å². The Hall–Kier alpha value is -3.89. The van der Waals surface area contributed by atoms with Crippen LogP contribution >= 0.6 is 34.7 Å². The SMILES string of the molecule is Nc1cc[n+](CC2=C(C(=O)O)N3C(=O)C(NC(=O)C(=NOC4(C(=O)O)CC4)c4nc(N)sc4Cl)C3SC2)cc1. The summed E-state index contributed by atoms with van der Waals surface area (Å²) in [5.41, 5.74) is 10.2. The molecule has 5 rings (SSSR count). The van der Waals surface area contributed by atoms with Gasteiger partial charge in [-0.3, -0.25) is 14.5 Å². The molecular weight excluding hydrogens is 574 g/mol. The van der Waals surface area contributed by atoms with Crippen LogP contribution in [0.3, 0.4) is 0 Å². The largest absolute Gasteiger partial charge is 0.478 e. The van der Waals surface area contributed by atoms with Crippen molar-refractivity contribution < 1.29 is 38.8 Å². The molecule has 4 heterocycles. The van der Waals surface area contributed by atoms with Crippen LogP contribution in [0.15, 0.2) is 41.0 Å². The summed E-state index contributed by atoms with van der Waals surface area (Å²) in [6.07, 6.45) is 3.80. The minimum atomic E-state index is -1.55. The number of rotatable bonds is 9. The first-order valence-electron chi connectivity index (χ1n) is 11.4. The highest BCUT2D eigenvalue weighted by Crippen LogP contribution is 2.41. The van der Waals surface area contributed by atoms with Gasteiger partial charge in [0.2, 0.25) is 5.60 Å². The summed E-state index contributed by atoms with van der Waals surface area (Å²) in [4.78, 5) is 60.3. The molecule has 2 atom stereocenters. The monoisotopic (exact) mass is 594 g/mol. The van der Waals surface area contributed by atoms with E-state index >= 15 is 0 Å². The first-order chi connectivity index (χ1) is 18.5. The van der Waals surface area contributed by atoms with Gasteiger partial charge in [0, 0.05) is 42.0 Å². The van der Waals surface area contributed by atoms with E-state index in [-0.39, 0.29) is 40.2 Å². The van der Waals surface area contributed by atoms with E-state index in [4.69, 9.17) is 27.9 Å². The quantitative estimate of drug-likeness (QED) is 0.113. The average Bonchev–Trinajstić information content (AvgIpc) is 3.61. The third-order valence-electron chi connectivity index (χ3n) is 6.27. The third-order valence-corrected chi connectivity index (χ3v) is 8.70. The number of aliphatic carboxylic acids is 2. The maximum absolute atomic E-state index is 13.3. The molecule has 1 saturated heterocycles. The zero-order valence-electron chi connectivity index (χ0n) is 19.9. The number of oxime groups is 1. The van der Waals surface area contributed by atoms with E-state index in [0.717, 1.165) is 16.2 Å². The number of carboxylic acid groups (broad SMARTS) is 2. The van der Waals surface area contributed by atoms with Gasteiger partial charge in [-0.2, -0.15) is 0 Å². The predicted octanol–water partition coefficient (Wildman–Crippen LogP) is 0.0251. The number of nitrogen functional groups attached to an aromatic ring is 2. The van der Waals surface area contributed by atoms with Crippen LogP contribution in [0.1, 0.15) is 18.5 Å². The molecule has 0 spiro atoms. The van der Waals surface area contributed by atoms with Crippen LogP contribution < -0.4 is 21.4 Å². The minimum absolute atomic E-state index is 0.0136. The number of carbonyl (C=O) groups is 4. The van der Waals surface area contributed by atoms with Gasteiger partial charge in [0.25, 0.3) is 11.8 Å². The van der Waals surface area contributed by atoms with Crippen LogP contribution in [-0.2, 0) is 30.6 Å². The number of carboxylic acids is 2. The second-order valence-corrected chi connectivity index (χ2v) is 11.7. The number of nitrogens with two attached hydrogens (primary N) is 2. The van der Waals surface area contributed by atoms with Gasteiger partial charge in [-0.05, 0) is 0 Å². The maximum Gasteiger partial charge on any atom is 0.352 e. The number of thioether (sulfide) groups is 1. The Morgan fingerprint density at radius 2 is 1.97 bits per heavy atom. The van der Waals surface area contributed by atoms with Crippen molar-refractivity contribution in [1.29, 1.82) is 0 Å². The number of nitrogens with one attached hydrogen (secondary N) is 1. The van der Waals surface area contributed by atoms with E-state index in [1.165, 1.54) is 11.8 Å². The molecule has 2 fully saturated rings. The Bertz CT molecular complexity index is 1450. The highest BCUT2D eigenvalue weighted by molar-refractivity contribution is 8.00. The van der Waals surface area contributed by atoms with Gasteiger partial charge in [-0.25, -0.2) is 19.1 Å². The molecule has 0 aromatic carbocycles. The van der Waals surface area contributed by atoms with Crippen molar-refractivity contribution in [3.63, 3.8) is 0 Å². The van der Waals surface area contributed by atoms with E-state index in [0.29, 0.717) is 17.0 Å². The fourth-order valence-corrected chi connectivity index (χ4v) is 6.32. The molecule has 2 amide bonds. The minimum Gasteiger partial charge on any atom is -0.478 e. The lowest BCUT2D eigenvalue weighted by Crippen LogP contribution is -2.71. The van der Waals surface area contributed by atoms with E-state index in [1.807, 2.05) is 0 Å². The number of hydrogen-bond donors (Lipinski definition) is 5. The molecule has 0 bridgehead atoms. The number of fused-ring (bicyclic) bond motifs is 1. The number of pyridine rings is 1. The Balaban J connectivity index is 1.37. The van der Waals surface area contributed by atoms with E-state index < -0.39 is 46.5 Å². The van der Waals surface area contributed by atoms with Gasteiger partial charge in [0.1, 0.15) is 27.1 Å². The smallest absolute Gasteiger partial charge is 0.352 e. The fraction of sp³-hybridized carbons (Fsp3) is 0.318.